The van der Waals surface area contributed by atoms with Gasteiger partial charge in [-0.05, 0) is 6.92 Å². The highest BCUT2D eigenvalue weighted by Crippen LogP contribution is 2.45. The van der Waals surface area contributed by atoms with E-state index < -0.39 is 30.4 Å². The number of carbonyl (C=O) groups is 1. The number of hydrogen-bond donors (Lipinski definition) is 2. The SMILES string of the molecule is CC1(NC(=O)O)CC(F)(F)C1. The molecule has 0 heterocycles. The Balaban J connectivity index is 2.43. The van der Waals surface area contributed by atoms with E-state index in [4.69, 9.17) is 5.11 Å². The normalized spacial score (nSPS) is 25.4. The van der Waals surface area contributed by atoms with Crippen LogP contribution in [0.15, 0.2) is 0 Å². The topological polar surface area (TPSA) is 49.3 Å². The summed E-state index contributed by atoms with van der Waals surface area (Å²) in [6.45, 7) is 1.47. The number of alkyl halides is 2. The predicted molar refractivity (Wildman–Crippen MR) is 33.7 cm³/mol. The molecule has 0 unspecified atom stereocenters. The molecular weight excluding hydrogens is 156 g/mol. The number of halogens is 2. The molecule has 0 aromatic heterocycles. The average Bonchev–Trinajstić information content (AvgIpc) is 1.52. The summed E-state index contributed by atoms with van der Waals surface area (Å²) in [4.78, 5) is 10.1. The Morgan fingerprint density at radius 2 is 2.00 bits per heavy atom. The molecule has 1 aliphatic rings. The molecule has 64 valence electrons. The minimum absolute atomic E-state index is 0.397. The van der Waals surface area contributed by atoms with E-state index in [1.54, 1.807) is 0 Å². The molecule has 1 amide bonds. The van der Waals surface area contributed by atoms with Crippen LogP contribution in [0.2, 0.25) is 0 Å². The fourth-order valence-electron chi connectivity index (χ4n) is 1.44. The second kappa shape index (κ2) is 2.06. The van der Waals surface area contributed by atoms with Crippen LogP contribution in [0.3, 0.4) is 0 Å². The molecule has 0 aliphatic heterocycles. The summed E-state index contributed by atoms with van der Waals surface area (Å²) in [7, 11) is 0. The Bertz CT molecular complexity index is 185. The first-order valence-electron chi connectivity index (χ1n) is 3.22. The van der Waals surface area contributed by atoms with Gasteiger partial charge in [0, 0.05) is 12.8 Å². The van der Waals surface area contributed by atoms with Crippen molar-refractivity contribution in [3.63, 3.8) is 0 Å². The average molecular weight is 165 g/mol. The first-order valence-corrected chi connectivity index (χ1v) is 3.22. The molecule has 0 aromatic carbocycles. The highest BCUT2D eigenvalue weighted by molar-refractivity contribution is 5.65. The summed E-state index contributed by atoms with van der Waals surface area (Å²) in [5, 5.41) is 10.3. The highest BCUT2D eigenvalue weighted by atomic mass is 19.3. The van der Waals surface area contributed by atoms with E-state index >= 15 is 0 Å². The molecule has 0 spiro atoms. The van der Waals surface area contributed by atoms with Crippen molar-refractivity contribution in [1.82, 2.24) is 5.32 Å². The summed E-state index contributed by atoms with van der Waals surface area (Å²) in [6.07, 6.45) is -2.04. The molecule has 0 atom stereocenters. The Kier molecular flexibility index (Phi) is 1.54. The molecular formula is C6H9F2NO2. The van der Waals surface area contributed by atoms with Gasteiger partial charge in [-0.3, -0.25) is 0 Å². The van der Waals surface area contributed by atoms with Crippen LogP contribution < -0.4 is 5.32 Å². The Labute approximate surface area is 62.4 Å². The van der Waals surface area contributed by atoms with Crippen LogP contribution in [0, 0.1) is 0 Å². The lowest BCUT2D eigenvalue weighted by atomic mass is 9.75. The lowest BCUT2D eigenvalue weighted by Crippen LogP contribution is -2.60. The van der Waals surface area contributed by atoms with Crippen molar-refractivity contribution in [3.05, 3.63) is 0 Å². The number of nitrogens with one attached hydrogen (secondary N) is 1. The van der Waals surface area contributed by atoms with Crippen molar-refractivity contribution in [2.75, 3.05) is 0 Å². The van der Waals surface area contributed by atoms with Gasteiger partial charge in [-0.25, -0.2) is 13.6 Å². The molecule has 1 rings (SSSR count). The third-order valence-electron chi connectivity index (χ3n) is 1.71. The van der Waals surface area contributed by atoms with Crippen LogP contribution >= 0.6 is 0 Å². The molecule has 11 heavy (non-hydrogen) atoms. The number of rotatable bonds is 1. The zero-order valence-corrected chi connectivity index (χ0v) is 6.03. The maximum absolute atomic E-state index is 12.3. The highest BCUT2D eigenvalue weighted by Gasteiger charge is 2.54. The minimum atomic E-state index is -2.68. The zero-order chi connectivity index (χ0) is 8.70. The maximum atomic E-state index is 12.3. The Hall–Kier alpha value is -0.870. The number of amides is 1. The molecule has 2 N–H and O–H groups in total. The quantitative estimate of drug-likeness (QED) is 0.617. The fourth-order valence-corrected chi connectivity index (χ4v) is 1.44. The Morgan fingerprint density at radius 3 is 2.27 bits per heavy atom. The van der Waals surface area contributed by atoms with Crippen molar-refractivity contribution in [2.45, 2.75) is 31.2 Å². The molecule has 1 saturated carbocycles. The van der Waals surface area contributed by atoms with Gasteiger partial charge in [0.25, 0.3) is 5.92 Å². The molecule has 0 saturated heterocycles. The van der Waals surface area contributed by atoms with Crippen molar-refractivity contribution in [2.24, 2.45) is 0 Å². The minimum Gasteiger partial charge on any atom is -0.465 e. The van der Waals surface area contributed by atoms with E-state index in [0.717, 1.165) is 0 Å². The Morgan fingerprint density at radius 1 is 1.55 bits per heavy atom. The molecule has 5 heteroatoms. The number of hydrogen-bond acceptors (Lipinski definition) is 1. The predicted octanol–water partition coefficient (Wildman–Crippen LogP) is 1.44. The van der Waals surface area contributed by atoms with E-state index in [2.05, 4.69) is 0 Å². The van der Waals surface area contributed by atoms with Gasteiger partial charge < -0.3 is 10.4 Å². The van der Waals surface area contributed by atoms with Gasteiger partial charge in [0.15, 0.2) is 0 Å². The van der Waals surface area contributed by atoms with Crippen LogP contribution in [0.5, 0.6) is 0 Å². The van der Waals surface area contributed by atoms with Crippen LogP contribution in [0.4, 0.5) is 13.6 Å². The van der Waals surface area contributed by atoms with Crippen LogP contribution in [-0.2, 0) is 0 Å². The smallest absolute Gasteiger partial charge is 0.405 e. The van der Waals surface area contributed by atoms with Crippen molar-refractivity contribution in [3.8, 4) is 0 Å². The molecule has 1 fully saturated rings. The summed E-state index contributed by atoms with van der Waals surface area (Å²) in [5.74, 6) is -2.68. The monoisotopic (exact) mass is 165 g/mol. The third kappa shape index (κ3) is 1.78. The lowest BCUT2D eigenvalue weighted by Gasteiger charge is -2.44. The van der Waals surface area contributed by atoms with Gasteiger partial charge in [0.2, 0.25) is 0 Å². The third-order valence-corrected chi connectivity index (χ3v) is 1.71. The van der Waals surface area contributed by atoms with E-state index in [-0.39, 0.29) is 0 Å². The van der Waals surface area contributed by atoms with Gasteiger partial charge in [-0.1, -0.05) is 0 Å². The summed E-state index contributed by atoms with van der Waals surface area (Å²) >= 11 is 0. The van der Waals surface area contributed by atoms with Gasteiger partial charge in [0.1, 0.15) is 0 Å². The lowest BCUT2D eigenvalue weighted by molar-refractivity contribution is -0.125. The van der Waals surface area contributed by atoms with Crippen molar-refractivity contribution < 1.29 is 18.7 Å². The second-order valence-corrected chi connectivity index (χ2v) is 3.20. The van der Waals surface area contributed by atoms with Crippen molar-refractivity contribution >= 4 is 6.09 Å². The van der Waals surface area contributed by atoms with Gasteiger partial charge in [-0.15, -0.1) is 0 Å². The van der Waals surface area contributed by atoms with Crippen LogP contribution in [0.25, 0.3) is 0 Å². The van der Waals surface area contributed by atoms with Crippen LogP contribution in [0.1, 0.15) is 19.8 Å². The van der Waals surface area contributed by atoms with E-state index in [1.807, 2.05) is 5.32 Å². The molecule has 3 nitrogen and oxygen atoms in total. The van der Waals surface area contributed by atoms with E-state index in [0.29, 0.717) is 0 Å². The molecule has 0 bridgehead atoms. The summed E-state index contributed by atoms with van der Waals surface area (Å²) < 4.78 is 24.5. The standard InChI is InChI=1S/C6H9F2NO2/c1-5(9-4(10)11)2-6(7,8)3-5/h9H,2-3H2,1H3,(H,10,11). The van der Waals surface area contributed by atoms with E-state index in [9.17, 15) is 13.6 Å². The zero-order valence-electron chi connectivity index (χ0n) is 6.03. The fraction of sp³-hybridized carbons (Fsp3) is 0.833. The first kappa shape index (κ1) is 8.23. The molecule has 0 aromatic rings. The summed E-state index contributed by atoms with van der Waals surface area (Å²) in [5.41, 5.74) is -0.921. The molecule has 0 radical (unpaired) electrons. The maximum Gasteiger partial charge on any atom is 0.405 e. The van der Waals surface area contributed by atoms with E-state index in [1.165, 1.54) is 6.92 Å². The van der Waals surface area contributed by atoms with Gasteiger partial charge in [0.05, 0.1) is 5.54 Å². The summed E-state index contributed by atoms with van der Waals surface area (Å²) in [6, 6.07) is 0. The van der Waals surface area contributed by atoms with Crippen LogP contribution in [-0.4, -0.2) is 22.7 Å². The number of carboxylic acid groups (broad SMARTS) is 1. The first-order chi connectivity index (χ1) is 4.83. The van der Waals surface area contributed by atoms with Gasteiger partial charge >= 0.3 is 6.09 Å². The largest absolute Gasteiger partial charge is 0.465 e. The second-order valence-electron chi connectivity index (χ2n) is 3.20. The molecule has 1 aliphatic carbocycles. The van der Waals surface area contributed by atoms with Crippen molar-refractivity contribution in [1.29, 1.82) is 0 Å². The van der Waals surface area contributed by atoms with Gasteiger partial charge in [-0.2, -0.15) is 0 Å².